The van der Waals surface area contributed by atoms with E-state index in [0.717, 1.165) is 60.9 Å². The van der Waals surface area contributed by atoms with E-state index in [4.69, 9.17) is 0 Å². The number of hydrogen-bond donors (Lipinski definition) is 2. The average Bonchev–Trinajstić information content (AvgIpc) is 2.94. The summed E-state index contributed by atoms with van der Waals surface area (Å²) in [6.45, 7) is 3.83. The van der Waals surface area contributed by atoms with Crippen molar-refractivity contribution < 1.29 is 9.90 Å². The lowest BCUT2D eigenvalue weighted by Gasteiger charge is -2.43. The van der Waals surface area contributed by atoms with E-state index < -0.39 is 6.10 Å². The topological polar surface area (TPSA) is 56.3 Å². The monoisotopic (exact) mass is 312 g/mol. The highest BCUT2D eigenvalue weighted by Crippen LogP contribution is 2.43. The smallest absolute Gasteiger partial charge is 0.227 e. The third kappa shape index (κ3) is 2.36. The summed E-state index contributed by atoms with van der Waals surface area (Å²) < 4.78 is 0. The highest BCUT2D eigenvalue weighted by molar-refractivity contribution is 5.90. The normalized spacial score (nSPS) is 28.2. The summed E-state index contributed by atoms with van der Waals surface area (Å²) >= 11 is 0. The van der Waals surface area contributed by atoms with Crippen molar-refractivity contribution in [3.05, 3.63) is 35.5 Å². The molecule has 1 fully saturated rings. The second-order valence-electron chi connectivity index (χ2n) is 7.23. The summed E-state index contributed by atoms with van der Waals surface area (Å²) in [7, 11) is 0. The Morgan fingerprint density at radius 1 is 1.39 bits per heavy atom. The summed E-state index contributed by atoms with van der Waals surface area (Å²) in [5, 5.41) is 12.0. The van der Waals surface area contributed by atoms with Gasteiger partial charge in [0.15, 0.2) is 0 Å². The van der Waals surface area contributed by atoms with Gasteiger partial charge in [-0.2, -0.15) is 0 Å². The first-order chi connectivity index (χ1) is 11.1. The van der Waals surface area contributed by atoms with Crippen molar-refractivity contribution in [3.63, 3.8) is 0 Å². The van der Waals surface area contributed by atoms with E-state index in [9.17, 15) is 9.90 Å². The molecule has 2 bridgehead atoms. The molecule has 0 radical (unpaired) electrons. The maximum Gasteiger partial charge on any atom is 0.227 e. The number of hydrogen-bond acceptors (Lipinski definition) is 2. The molecule has 2 aliphatic rings. The molecule has 1 saturated heterocycles. The second kappa shape index (κ2) is 5.38. The highest BCUT2D eigenvalue weighted by atomic mass is 16.3. The average molecular weight is 312 g/mol. The molecule has 4 rings (SSSR count). The molecule has 2 aromatic rings. The van der Waals surface area contributed by atoms with Crippen molar-refractivity contribution in [3.8, 4) is 0 Å². The molecule has 1 amide bonds. The lowest BCUT2D eigenvalue weighted by molar-refractivity contribution is -0.134. The van der Waals surface area contributed by atoms with E-state index >= 15 is 0 Å². The first-order valence-corrected chi connectivity index (χ1v) is 8.67. The van der Waals surface area contributed by atoms with Gasteiger partial charge >= 0.3 is 0 Å². The van der Waals surface area contributed by atoms with Crippen LogP contribution >= 0.6 is 0 Å². The molecule has 4 heteroatoms. The van der Waals surface area contributed by atoms with Crippen molar-refractivity contribution in [1.82, 2.24) is 9.88 Å². The van der Waals surface area contributed by atoms with Crippen LogP contribution in [0.4, 0.5) is 0 Å². The number of amides is 1. The van der Waals surface area contributed by atoms with Crippen molar-refractivity contribution in [2.24, 2.45) is 5.41 Å². The number of aliphatic hydroxyl groups is 1. The van der Waals surface area contributed by atoms with E-state index in [-0.39, 0.29) is 11.3 Å². The number of aliphatic hydroxyl groups excluding tert-OH is 1. The third-order valence-electron chi connectivity index (χ3n) is 5.90. The van der Waals surface area contributed by atoms with Crippen LogP contribution in [-0.4, -0.2) is 34.0 Å². The highest BCUT2D eigenvalue weighted by Gasteiger charge is 2.40. The number of H-pyrrole nitrogens is 1. The number of aromatic nitrogens is 1. The number of rotatable bonds is 1. The van der Waals surface area contributed by atoms with Gasteiger partial charge in [0.1, 0.15) is 0 Å². The van der Waals surface area contributed by atoms with Gasteiger partial charge in [-0.05, 0) is 42.7 Å². The van der Waals surface area contributed by atoms with Gasteiger partial charge in [0.2, 0.25) is 5.91 Å². The van der Waals surface area contributed by atoms with Gasteiger partial charge in [0.25, 0.3) is 0 Å². The van der Waals surface area contributed by atoms with Crippen LogP contribution < -0.4 is 0 Å². The first-order valence-electron chi connectivity index (χ1n) is 8.67. The second-order valence-corrected chi connectivity index (χ2v) is 7.23. The zero-order valence-electron chi connectivity index (χ0n) is 13.6. The van der Waals surface area contributed by atoms with Gasteiger partial charge < -0.3 is 15.0 Å². The SMILES string of the molecule is CC[C@]12CCCN(C1)C(=O)Cc1c([nH]c3ccccc13)[C@H](O)C2. The van der Waals surface area contributed by atoms with Gasteiger partial charge in [0, 0.05) is 29.7 Å². The van der Waals surface area contributed by atoms with Crippen LogP contribution in [0.2, 0.25) is 0 Å². The van der Waals surface area contributed by atoms with Crippen LogP contribution in [0, 0.1) is 5.41 Å². The number of para-hydroxylation sites is 1. The predicted octanol–water partition coefficient (Wildman–Crippen LogP) is 3.17. The molecule has 1 aromatic carbocycles. The van der Waals surface area contributed by atoms with E-state index in [2.05, 4.69) is 11.9 Å². The molecule has 2 N–H and O–H groups in total. The molecule has 3 heterocycles. The van der Waals surface area contributed by atoms with Crippen molar-refractivity contribution >= 4 is 16.8 Å². The molecule has 2 atom stereocenters. The Kier molecular flexibility index (Phi) is 3.45. The lowest BCUT2D eigenvalue weighted by atomic mass is 9.73. The van der Waals surface area contributed by atoms with Gasteiger partial charge in [-0.1, -0.05) is 25.1 Å². The Labute approximate surface area is 136 Å². The number of benzene rings is 1. The molecular formula is C19H24N2O2. The summed E-state index contributed by atoms with van der Waals surface area (Å²) in [6.07, 6.45) is 3.73. The zero-order chi connectivity index (χ0) is 16.0. The number of carbonyl (C=O) groups excluding carboxylic acids is 1. The Morgan fingerprint density at radius 2 is 2.22 bits per heavy atom. The van der Waals surface area contributed by atoms with Gasteiger partial charge in [-0.3, -0.25) is 4.79 Å². The number of piperidine rings is 1. The minimum Gasteiger partial charge on any atom is -0.387 e. The van der Waals surface area contributed by atoms with Gasteiger partial charge in [-0.25, -0.2) is 0 Å². The fourth-order valence-corrected chi connectivity index (χ4v) is 4.49. The number of nitrogens with one attached hydrogen (secondary N) is 1. The van der Waals surface area contributed by atoms with E-state index in [0.29, 0.717) is 6.42 Å². The number of fused-ring (bicyclic) bond motifs is 5. The maximum absolute atomic E-state index is 12.8. The van der Waals surface area contributed by atoms with Gasteiger partial charge in [-0.15, -0.1) is 0 Å². The Hall–Kier alpha value is -1.81. The maximum atomic E-state index is 12.8. The van der Waals surface area contributed by atoms with E-state index in [1.165, 1.54) is 0 Å². The van der Waals surface area contributed by atoms with Crippen LogP contribution in [0.1, 0.15) is 50.0 Å². The summed E-state index contributed by atoms with van der Waals surface area (Å²) in [5.41, 5.74) is 2.89. The van der Waals surface area contributed by atoms with Crippen molar-refractivity contribution in [2.75, 3.05) is 13.1 Å². The molecule has 0 spiro atoms. The summed E-state index contributed by atoms with van der Waals surface area (Å²) in [6, 6.07) is 8.03. The molecule has 23 heavy (non-hydrogen) atoms. The summed E-state index contributed by atoms with van der Waals surface area (Å²) in [5.74, 6) is 0.197. The molecular weight excluding hydrogens is 288 g/mol. The number of carbonyl (C=O) groups is 1. The quantitative estimate of drug-likeness (QED) is 0.850. The Morgan fingerprint density at radius 3 is 3.04 bits per heavy atom. The Bertz CT molecular complexity index is 751. The van der Waals surface area contributed by atoms with E-state index in [1.54, 1.807) is 0 Å². The summed E-state index contributed by atoms with van der Waals surface area (Å²) in [4.78, 5) is 18.2. The number of aromatic amines is 1. The molecule has 0 saturated carbocycles. The van der Waals surface area contributed by atoms with Crippen LogP contribution in [-0.2, 0) is 11.2 Å². The minimum atomic E-state index is -0.525. The van der Waals surface area contributed by atoms with Crippen LogP contribution in [0.5, 0.6) is 0 Å². The molecule has 122 valence electrons. The fraction of sp³-hybridized carbons (Fsp3) is 0.526. The minimum absolute atomic E-state index is 0.0478. The van der Waals surface area contributed by atoms with E-state index in [1.807, 2.05) is 29.2 Å². The standard InChI is InChI=1S/C19H24N2O2/c1-2-19-8-5-9-21(12-19)17(23)10-14-13-6-3-4-7-15(13)20-18(14)16(22)11-19/h3-4,6-7,16,20,22H,2,5,8-12H2,1H3/t16-,19-/m1/s1. The van der Waals surface area contributed by atoms with Crippen LogP contribution in [0.25, 0.3) is 10.9 Å². The lowest BCUT2D eigenvalue weighted by Crippen LogP contribution is -2.46. The predicted molar refractivity (Wildman–Crippen MR) is 90.1 cm³/mol. The van der Waals surface area contributed by atoms with Crippen LogP contribution in [0.3, 0.4) is 0 Å². The first kappa shape index (κ1) is 14.8. The molecule has 4 nitrogen and oxygen atoms in total. The molecule has 2 aliphatic heterocycles. The third-order valence-corrected chi connectivity index (χ3v) is 5.90. The number of nitrogens with zero attached hydrogens (tertiary/aromatic N) is 1. The fourth-order valence-electron chi connectivity index (χ4n) is 4.49. The van der Waals surface area contributed by atoms with Crippen molar-refractivity contribution in [1.29, 1.82) is 0 Å². The van der Waals surface area contributed by atoms with Crippen molar-refractivity contribution in [2.45, 2.75) is 45.1 Å². The zero-order valence-corrected chi connectivity index (χ0v) is 13.6. The molecule has 0 unspecified atom stereocenters. The van der Waals surface area contributed by atoms with Crippen LogP contribution in [0.15, 0.2) is 24.3 Å². The largest absolute Gasteiger partial charge is 0.387 e. The Balaban J connectivity index is 1.86. The van der Waals surface area contributed by atoms with Gasteiger partial charge in [0.05, 0.1) is 12.5 Å². The molecule has 1 aromatic heterocycles. The molecule has 0 aliphatic carbocycles.